The molecule has 1 N–H and O–H groups in total. The Morgan fingerprint density at radius 1 is 1.44 bits per heavy atom. The third-order valence-corrected chi connectivity index (χ3v) is 6.06. The molecule has 136 valence electrons. The third kappa shape index (κ3) is 3.51. The quantitative estimate of drug-likeness (QED) is 0.636. The van der Waals surface area contributed by atoms with E-state index in [2.05, 4.69) is 22.1 Å². The molecular weight excluding hydrogens is 363 g/mol. The molecule has 1 aromatic rings. The minimum atomic E-state index is -0.252. The van der Waals surface area contributed by atoms with E-state index in [4.69, 9.17) is 28.1 Å². The van der Waals surface area contributed by atoms with Gasteiger partial charge in [0.1, 0.15) is 5.15 Å². The first-order valence-electron chi connectivity index (χ1n) is 8.68. The number of halogens is 2. The van der Waals surface area contributed by atoms with Crippen molar-refractivity contribution in [3.63, 3.8) is 0 Å². The van der Waals surface area contributed by atoms with Crippen LogP contribution in [0.1, 0.15) is 25.3 Å². The summed E-state index contributed by atoms with van der Waals surface area (Å²) in [5.74, 6) is 0.270. The molecule has 25 heavy (non-hydrogen) atoms. The number of aromatic nitrogens is 1. The lowest BCUT2D eigenvalue weighted by Gasteiger charge is -2.28. The lowest BCUT2D eigenvalue weighted by Crippen LogP contribution is -2.42. The van der Waals surface area contributed by atoms with Crippen molar-refractivity contribution >= 4 is 35.1 Å². The third-order valence-electron chi connectivity index (χ3n) is 5.52. The number of nitrogens with one attached hydrogen (secondary N) is 1. The predicted molar refractivity (Wildman–Crippen MR) is 96.7 cm³/mol. The molecule has 2 aliphatic heterocycles. The molecule has 1 aromatic heterocycles. The highest BCUT2D eigenvalue weighted by Gasteiger charge is 2.58. The Bertz CT molecular complexity index is 683. The number of fused-ring (bicyclic) bond motifs is 1. The molecule has 1 amide bonds. The number of morpholine rings is 1. The number of ether oxygens (including phenoxy) is 1. The summed E-state index contributed by atoms with van der Waals surface area (Å²) >= 11 is 12.5. The van der Waals surface area contributed by atoms with Crippen LogP contribution < -0.4 is 9.74 Å². The molecule has 0 radical (unpaired) electrons. The van der Waals surface area contributed by atoms with Crippen LogP contribution in [0.4, 0.5) is 5.82 Å². The SMILES string of the molecule is C[C@@]12C[C@@H](C(=O)N(Cl)c3nc(Cl)ccc3CN3CCOCC3)N[C@@H]1C2. The van der Waals surface area contributed by atoms with Crippen molar-refractivity contribution in [2.45, 2.75) is 38.4 Å². The van der Waals surface area contributed by atoms with Gasteiger partial charge in [0.2, 0.25) is 0 Å². The Labute approximate surface area is 157 Å². The van der Waals surface area contributed by atoms with E-state index in [0.717, 1.165) is 35.9 Å². The van der Waals surface area contributed by atoms with Gasteiger partial charge in [0.15, 0.2) is 5.82 Å². The molecular formula is C17H22Cl2N4O2. The average Bonchev–Trinajstić information content (AvgIpc) is 3.13. The van der Waals surface area contributed by atoms with Gasteiger partial charge in [-0.25, -0.2) is 9.40 Å². The van der Waals surface area contributed by atoms with Gasteiger partial charge >= 0.3 is 0 Å². The number of hydrogen-bond acceptors (Lipinski definition) is 5. The Hall–Kier alpha value is -0.920. The molecule has 3 heterocycles. The maximum absolute atomic E-state index is 12.8. The lowest BCUT2D eigenvalue weighted by molar-refractivity contribution is -0.119. The van der Waals surface area contributed by atoms with Gasteiger partial charge in [0.25, 0.3) is 5.91 Å². The van der Waals surface area contributed by atoms with E-state index in [-0.39, 0.29) is 17.4 Å². The van der Waals surface area contributed by atoms with Crippen LogP contribution in [0.15, 0.2) is 12.1 Å². The summed E-state index contributed by atoms with van der Waals surface area (Å²) in [6, 6.07) is 3.81. The van der Waals surface area contributed by atoms with Crippen molar-refractivity contribution in [2.75, 3.05) is 30.7 Å². The first kappa shape index (κ1) is 17.5. The smallest absolute Gasteiger partial charge is 0.260 e. The van der Waals surface area contributed by atoms with E-state index in [9.17, 15) is 4.79 Å². The number of nitrogens with zero attached hydrogens (tertiary/aromatic N) is 3. The lowest BCUT2D eigenvalue weighted by atomic mass is 10.0. The Balaban J connectivity index is 1.51. The molecule has 3 aliphatic rings. The summed E-state index contributed by atoms with van der Waals surface area (Å²) in [6.45, 7) is 6.00. The maximum atomic E-state index is 12.8. The van der Waals surface area contributed by atoms with Gasteiger partial charge in [-0.1, -0.05) is 24.6 Å². The van der Waals surface area contributed by atoms with E-state index in [1.165, 1.54) is 0 Å². The fraction of sp³-hybridized carbons (Fsp3) is 0.647. The van der Waals surface area contributed by atoms with Crippen molar-refractivity contribution in [2.24, 2.45) is 5.41 Å². The normalized spacial score (nSPS) is 31.6. The van der Waals surface area contributed by atoms with Crippen LogP contribution in [0.25, 0.3) is 0 Å². The minimum Gasteiger partial charge on any atom is -0.379 e. The van der Waals surface area contributed by atoms with Gasteiger partial charge < -0.3 is 10.1 Å². The topological polar surface area (TPSA) is 57.7 Å². The number of amides is 1. The van der Waals surface area contributed by atoms with Gasteiger partial charge in [-0.15, -0.1) is 0 Å². The predicted octanol–water partition coefficient (Wildman–Crippen LogP) is 2.19. The van der Waals surface area contributed by atoms with Gasteiger partial charge in [-0.3, -0.25) is 9.69 Å². The van der Waals surface area contributed by atoms with Crippen molar-refractivity contribution in [1.29, 1.82) is 0 Å². The highest BCUT2D eigenvalue weighted by atomic mass is 35.5. The zero-order chi connectivity index (χ0) is 17.6. The molecule has 4 rings (SSSR count). The van der Waals surface area contributed by atoms with Gasteiger partial charge in [-0.2, -0.15) is 0 Å². The van der Waals surface area contributed by atoms with Crippen molar-refractivity contribution in [1.82, 2.24) is 15.2 Å². The maximum Gasteiger partial charge on any atom is 0.260 e. The molecule has 8 heteroatoms. The number of carbonyl (C=O) groups is 1. The second kappa shape index (κ2) is 6.67. The number of anilines is 1. The zero-order valence-electron chi connectivity index (χ0n) is 14.2. The molecule has 2 saturated heterocycles. The van der Waals surface area contributed by atoms with E-state index < -0.39 is 0 Å². The fourth-order valence-corrected chi connectivity index (χ4v) is 4.22. The average molecular weight is 385 g/mol. The van der Waals surface area contributed by atoms with E-state index in [1.807, 2.05) is 6.07 Å². The first-order chi connectivity index (χ1) is 12.0. The molecule has 0 spiro atoms. The van der Waals surface area contributed by atoms with E-state index >= 15 is 0 Å². The van der Waals surface area contributed by atoms with Gasteiger partial charge in [0.05, 0.1) is 19.3 Å². The van der Waals surface area contributed by atoms with Crippen LogP contribution in [0.5, 0.6) is 0 Å². The molecule has 0 aromatic carbocycles. The summed E-state index contributed by atoms with van der Waals surface area (Å²) in [4.78, 5) is 19.4. The van der Waals surface area contributed by atoms with Crippen LogP contribution in [0.2, 0.25) is 5.15 Å². The monoisotopic (exact) mass is 384 g/mol. The Morgan fingerprint density at radius 3 is 2.88 bits per heavy atom. The largest absolute Gasteiger partial charge is 0.379 e. The van der Waals surface area contributed by atoms with E-state index in [1.54, 1.807) is 6.07 Å². The van der Waals surface area contributed by atoms with Gasteiger partial charge in [0, 0.05) is 43.0 Å². The second-order valence-corrected chi connectivity index (χ2v) is 8.18. The summed E-state index contributed by atoms with van der Waals surface area (Å²) in [7, 11) is 0. The molecule has 3 atom stereocenters. The highest BCUT2D eigenvalue weighted by molar-refractivity contribution is 6.37. The molecule has 0 bridgehead atoms. The molecule has 3 fully saturated rings. The number of piperidine rings is 1. The zero-order valence-corrected chi connectivity index (χ0v) is 15.7. The molecule has 6 nitrogen and oxygen atoms in total. The minimum absolute atomic E-state index is 0.159. The summed E-state index contributed by atoms with van der Waals surface area (Å²) < 4.78 is 6.53. The molecule has 0 unspecified atom stereocenters. The molecule has 1 saturated carbocycles. The van der Waals surface area contributed by atoms with E-state index in [0.29, 0.717) is 36.8 Å². The van der Waals surface area contributed by atoms with Crippen LogP contribution in [-0.4, -0.2) is 54.2 Å². The second-order valence-electron chi connectivity index (χ2n) is 7.46. The first-order valence-corrected chi connectivity index (χ1v) is 9.39. The van der Waals surface area contributed by atoms with Crippen LogP contribution in [-0.2, 0) is 16.1 Å². The summed E-state index contributed by atoms with van der Waals surface area (Å²) in [6.07, 6.45) is 1.95. The number of hydrogen-bond donors (Lipinski definition) is 1. The summed E-state index contributed by atoms with van der Waals surface area (Å²) in [5, 5.41) is 3.70. The van der Waals surface area contributed by atoms with Crippen molar-refractivity contribution in [3.05, 3.63) is 22.8 Å². The van der Waals surface area contributed by atoms with Gasteiger partial charge in [-0.05, 0) is 24.3 Å². The highest BCUT2D eigenvalue weighted by Crippen LogP contribution is 2.54. The Morgan fingerprint density at radius 2 is 2.20 bits per heavy atom. The van der Waals surface area contributed by atoms with Crippen LogP contribution in [0, 0.1) is 5.41 Å². The van der Waals surface area contributed by atoms with Crippen molar-refractivity contribution in [3.8, 4) is 0 Å². The standard InChI is InChI=1S/C17H22Cl2N4O2/c1-17-8-12(20-13(17)9-17)16(24)23(19)15-11(2-3-14(18)21-15)10-22-4-6-25-7-5-22/h2-3,12-13,20H,4-10H2,1H3/t12-,13+,17-/m0/s1. The van der Waals surface area contributed by atoms with Crippen LogP contribution in [0.3, 0.4) is 0 Å². The number of rotatable bonds is 4. The van der Waals surface area contributed by atoms with Crippen molar-refractivity contribution < 1.29 is 9.53 Å². The Kier molecular flexibility index (Phi) is 4.67. The fourth-order valence-electron chi connectivity index (χ4n) is 3.81. The molecule has 1 aliphatic carbocycles. The van der Waals surface area contributed by atoms with Crippen LogP contribution >= 0.6 is 23.4 Å². The number of pyridine rings is 1. The number of carbonyl (C=O) groups excluding carboxylic acids is 1. The summed E-state index contributed by atoms with van der Waals surface area (Å²) in [5.41, 5.74) is 1.14.